The number of hydrogen-bond acceptors (Lipinski definition) is 6. The van der Waals surface area contributed by atoms with Crippen molar-refractivity contribution in [3.8, 4) is 0 Å². The van der Waals surface area contributed by atoms with Gasteiger partial charge in [0.25, 0.3) is 0 Å². The Morgan fingerprint density at radius 2 is 2.38 bits per heavy atom. The molecule has 2 heterocycles. The Kier molecular flexibility index (Phi) is 2.57. The molecule has 3 rings (SSSR count). The van der Waals surface area contributed by atoms with Crippen molar-refractivity contribution in [2.24, 2.45) is 5.92 Å². The predicted octanol–water partition coefficient (Wildman–Crippen LogP) is 2.09. The molecule has 16 heavy (non-hydrogen) atoms. The molecule has 1 aliphatic rings. The van der Waals surface area contributed by atoms with Crippen LogP contribution in [0.1, 0.15) is 23.6 Å². The third-order valence-corrected chi connectivity index (χ3v) is 3.30. The van der Waals surface area contributed by atoms with Gasteiger partial charge in [-0.05, 0) is 18.8 Å². The standard InChI is InChI=1S/C10H12N4OS/c1-2-7(1)3-9-13-14-10(15-9)12-5-8-4-11-6-16-8/h4,6-7H,1-3,5H2,(H,12,14). The molecule has 0 aliphatic heterocycles. The summed E-state index contributed by atoms with van der Waals surface area (Å²) >= 11 is 1.61. The number of rotatable bonds is 5. The number of hydrogen-bond donors (Lipinski definition) is 1. The maximum absolute atomic E-state index is 5.48. The van der Waals surface area contributed by atoms with E-state index >= 15 is 0 Å². The monoisotopic (exact) mass is 236 g/mol. The lowest BCUT2D eigenvalue weighted by atomic mass is 10.3. The van der Waals surface area contributed by atoms with Gasteiger partial charge in [0.1, 0.15) is 0 Å². The zero-order valence-electron chi connectivity index (χ0n) is 8.72. The van der Waals surface area contributed by atoms with E-state index in [2.05, 4.69) is 20.5 Å². The minimum absolute atomic E-state index is 0.504. The molecule has 1 fully saturated rings. The highest BCUT2D eigenvalue weighted by Crippen LogP contribution is 2.32. The average Bonchev–Trinajstić information content (AvgIpc) is 2.81. The summed E-state index contributed by atoms with van der Waals surface area (Å²) in [5.41, 5.74) is 1.81. The first-order chi connectivity index (χ1) is 7.90. The third-order valence-electron chi connectivity index (χ3n) is 2.52. The molecule has 0 radical (unpaired) electrons. The zero-order chi connectivity index (χ0) is 10.8. The van der Waals surface area contributed by atoms with E-state index in [0.29, 0.717) is 12.6 Å². The molecule has 84 valence electrons. The highest BCUT2D eigenvalue weighted by Gasteiger charge is 2.24. The van der Waals surface area contributed by atoms with E-state index in [-0.39, 0.29) is 0 Å². The SMILES string of the molecule is c1ncc(CNc2nnc(CC3CC3)o2)s1. The van der Waals surface area contributed by atoms with Crippen LogP contribution in [0, 0.1) is 5.92 Å². The fourth-order valence-corrected chi connectivity index (χ4v) is 2.00. The van der Waals surface area contributed by atoms with E-state index < -0.39 is 0 Å². The summed E-state index contributed by atoms with van der Waals surface area (Å²) in [4.78, 5) is 5.15. The Morgan fingerprint density at radius 3 is 3.12 bits per heavy atom. The molecule has 2 aromatic heterocycles. The van der Waals surface area contributed by atoms with Gasteiger partial charge in [-0.15, -0.1) is 16.4 Å². The Hall–Kier alpha value is -1.43. The molecule has 1 aliphatic carbocycles. The van der Waals surface area contributed by atoms with Crippen molar-refractivity contribution in [1.82, 2.24) is 15.2 Å². The van der Waals surface area contributed by atoms with Gasteiger partial charge in [0.15, 0.2) is 0 Å². The minimum atomic E-state index is 0.504. The maximum atomic E-state index is 5.48. The smallest absolute Gasteiger partial charge is 0.315 e. The summed E-state index contributed by atoms with van der Waals surface area (Å²) in [6.07, 6.45) is 5.35. The molecule has 1 saturated carbocycles. The number of anilines is 1. The number of thiazole rings is 1. The number of nitrogens with one attached hydrogen (secondary N) is 1. The van der Waals surface area contributed by atoms with Crippen molar-refractivity contribution in [2.45, 2.75) is 25.8 Å². The molecule has 6 heteroatoms. The van der Waals surface area contributed by atoms with E-state index in [1.807, 2.05) is 11.7 Å². The first-order valence-corrected chi connectivity index (χ1v) is 6.22. The summed E-state index contributed by atoms with van der Waals surface area (Å²) < 4.78 is 5.48. The largest absolute Gasteiger partial charge is 0.408 e. The van der Waals surface area contributed by atoms with Crippen LogP contribution in [0.3, 0.4) is 0 Å². The van der Waals surface area contributed by atoms with Crippen LogP contribution in [-0.4, -0.2) is 15.2 Å². The lowest BCUT2D eigenvalue weighted by Gasteiger charge is -1.96. The summed E-state index contributed by atoms with van der Waals surface area (Å²) in [5, 5.41) is 11.0. The van der Waals surface area contributed by atoms with Crippen LogP contribution >= 0.6 is 11.3 Å². The average molecular weight is 236 g/mol. The van der Waals surface area contributed by atoms with E-state index in [1.54, 1.807) is 11.3 Å². The van der Waals surface area contributed by atoms with Gasteiger partial charge >= 0.3 is 6.01 Å². The molecule has 5 nitrogen and oxygen atoms in total. The lowest BCUT2D eigenvalue weighted by Crippen LogP contribution is -1.97. The van der Waals surface area contributed by atoms with Crippen molar-refractivity contribution in [2.75, 3.05) is 5.32 Å². The van der Waals surface area contributed by atoms with E-state index in [1.165, 1.54) is 12.8 Å². The number of nitrogens with zero attached hydrogens (tertiary/aromatic N) is 3. The summed E-state index contributed by atoms with van der Waals surface area (Å²) in [6.45, 7) is 0.690. The Bertz CT molecular complexity index is 449. The summed E-state index contributed by atoms with van der Waals surface area (Å²) in [5.74, 6) is 1.52. The minimum Gasteiger partial charge on any atom is -0.408 e. The fourth-order valence-electron chi connectivity index (χ4n) is 1.47. The van der Waals surface area contributed by atoms with Crippen LogP contribution in [0.2, 0.25) is 0 Å². The molecule has 0 bridgehead atoms. The van der Waals surface area contributed by atoms with Gasteiger partial charge in [-0.25, -0.2) is 0 Å². The fraction of sp³-hybridized carbons (Fsp3) is 0.500. The van der Waals surface area contributed by atoms with Crippen LogP contribution in [0.15, 0.2) is 16.1 Å². The van der Waals surface area contributed by atoms with E-state index in [0.717, 1.165) is 23.1 Å². The second kappa shape index (κ2) is 4.21. The van der Waals surface area contributed by atoms with Crippen molar-refractivity contribution >= 4 is 17.4 Å². The molecule has 0 unspecified atom stereocenters. The Balaban J connectivity index is 1.55. The Labute approximate surface area is 96.9 Å². The van der Waals surface area contributed by atoms with E-state index in [9.17, 15) is 0 Å². The van der Waals surface area contributed by atoms with Gasteiger partial charge < -0.3 is 9.73 Å². The zero-order valence-corrected chi connectivity index (χ0v) is 9.54. The molecule has 0 aromatic carbocycles. The van der Waals surface area contributed by atoms with Crippen molar-refractivity contribution in [3.63, 3.8) is 0 Å². The van der Waals surface area contributed by atoms with Crippen molar-refractivity contribution in [3.05, 3.63) is 22.5 Å². The highest BCUT2D eigenvalue weighted by atomic mass is 32.1. The topological polar surface area (TPSA) is 63.8 Å². The van der Waals surface area contributed by atoms with Crippen molar-refractivity contribution < 1.29 is 4.42 Å². The molecule has 0 amide bonds. The second-order valence-electron chi connectivity index (χ2n) is 3.97. The van der Waals surface area contributed by atoms with E-state index in [4.69, 9.17) is 4.42 Å². The molecular weight excluding hydrogens is 224 g/mol. The molecular formula is C10H12N4OS. The molecule has 0 spiro atoms. The first-order valence-electron chi connectivity index (χ1n) is 5.34. The van der Waals surface area contributed by atoms with Gasteiger partial charge in [0.2, 0.25) is 5.89 Å². The van der Waals surface area contributed by atoms with Crippen LogP contribution in [0.4, 0.5) is 6.01 Å². The van der Waals surface area contributed by atoms with Gasteiger partial charge in [-0.1, -0.05) is 5.10 Å². The predicted molar refractivity (Wildman–Crippen MR) is 60.2 cm³/mol. The summed E-state index contributed by atoms with van der Waals surface area (Å²) in [7, 11) is 0. The van der Waals surface area contributed by atoms with Gasteiger partial charge in [0.05, 0.1) is 12.1 Å². The highest BCUT2D eigenvalue weighted by molar-refractivity contribution is 7.09. The second-order valence-corrected chi connectivity index (χ2v) is 4.94. The number of aromatic nitrogens is 3. The van der Waals surface area contributed by atoms with Crippen molar-refractivity contribution in [1.29, 1.82) is 0 Å². The quantitative estimate of drug-likeness (QED) is 0.861. The Morgan fingerprint density at radius 1 is 1.44 bits per heavy atom. The molecule has 0 atom stereocenters. The lowest BCUT2D eigenvalue weighted by molar-refractivity contribution is 0.491. The van der Waals surface area contributed by atoms with Crippen LogP contribution < -0.4 is 5.32 Å². The van der Waals surface area contributed by atoms with Gasteiger partial charge in [-0.3, -0.25) is 4.98 Å². The third kappa shape index (κ3) is 2.38. The van der Waals surface area contributed by atoms with Gasteiger partial charge in [-0.2, -0.15) is 0 Å². The molecule has 2 aromatic rings. The van der Waals surface area contributed by atoms with Gasteiger partial charge in [0, 0.05) is 17.5 Å². The molecule has 0 saturated heterocycles. The van der Waals surface area contributed by atoms with Crippen LogP contribution in [-0.2, 0) is 13.0 Å². The molecule has 1 N–H and O–H groups in total. The summed E-state index contributed by atoms with van der Waals surface area (Å²) in [6, 6.07) is 0.504. The van der Waals surface area contributed by atoms with Crippen LogP contribution in [0.25, 0.3) is 0 Å². The maximum Gasteiger partial charge on any atom is 0.315 e. The first kappa shape index (κ1) is 9.77. The van der Waals surface area contributed by atoms with Crippen LogP contribution in [0.5, 0.6) is 0 Å². The normalized spacial score (nSPS) is 15.2.